The van der Waals surface area contributed by atoms with Gasteiger partial charge < -0.3 is 96.5 Å². The molecule has 1 aliphatic heterocycles. The van der Waals surface area contributed by atoms with Crippen LogP contribution in [0.25, 0.3) is 0 Å². The van der Waals surface area contributed by atoms with Gasteiger partial charge in [-0.05, 0) is 90.9 Å². The molecule has 1 fully saturated rings. The highest BCUT2D eigenvalue weighted by atomic mass is 16.3. The lowest BCUT2D eigenvalue weighted by molar-refractivity contribution is -0.136. The molecule has 12 atom stereocenters. The number of amides is 10. The van der Waals surface area contributed by atoms with Gasteiger partial charge in [-0.2, -0.15) is 0 Å². The maximum atomic E-state index is 14.0. The fraction of sp³-hybridized carbons (Fsp3) is 0.787. The monoisotopic (exact) mass is 1090 g/mol. The molecule has 0 radical (unpaired) electrons. The number of unbranched alkanes of at least 4 members (excludes halogenated alkanes) is 4. The second-order valence-electron chi connectivity index (χ2n) is 19.2. The molecule has 0 aromatic carbocycles. The van der Waals surface area contributed by atoms with Crippen LogP contribution in [0.3, 0.4) is 0 Å². The minimum atomic E-state index is -1.76. The van der Waals surface area contributed by atoms with Crippen molar-refractivity contribution < 1.29 is 68.4 Å². The van der Waals surface area contributed by atoms with Crippen molar-refractivity contribution in [2.75, 3.05) is 45.9 Å². The van der Waals surface area contributed by atoms with E-state index >= 15 is 0 Å². The third-order valence-electron chi connectivity index (χ3n) is 12.1. The van der Waals surface area contributed by atoms with Crippen molar-refractivity contribution in [2.45, 2.75) is 184 Å². The standard InChI is InChI=1S/C47H89N15O14/c1-6-7-8-9-10-11-35(66)54-28(12-17-48)43(72)62-38(27(5)65)47(76)59-30(14-19-50)41(70)58-32-16-21-52-46(75)37(26(4)64)61-44(73)31(15-20-51)56-40(69)29(13-18-49)57-45(74)33(22-25(2)3)55-36(67)23-53-39(68)34(24-63)60-42(32)71/h25-34,37-38,43,62-65,72H,6-24,48-51H2,1-5H3,(H,52,75)(H,53,68)(H,54,66)(H,55,67)(H,56,69)(H,57,74)(H,58,70)(H,59,76)(H,60,71)(H,61,73)/t26-,27-,28+,29+,30+,31+,32+,33+,34+,37+,38+,43?/m1/s1. The van der Waals surface area contributed by atoms with E-state index in [0.29, 0.717) is 6.42 Å². The minimum Gasteiger partial charge on any atom is -0.394 e. The molecule has 0 aromatic rings. The fourth-order valence-electron chi connectivity index (χ4n) is 7.86. The van der Waals surface area contributed by atoms with Crippen LogP contribution in [0.2, 0.25) is 0 Å². The van der Waals surface area contributed by atoms with Gasteiger partial charge in [-0.15, -0.1) is 0 Å². The molecule has 0 saturated carbocycles. The van der Waals surface area contributed by atoms with Gasteiger partial charge in [-0.3, -0.25) is 53.3 Å². The Morgan fingerprint density at radius 3 is 1.76 bits per heavy atom. The Labute approximate surface area is 444 Å². The number of nitrogens with two attached hydrogens (primary N) is 4. The van der Waals surface area contributed by atoms with Gasteiger partial charge in [0.15, 0.2) is 0 Å². The predicted octanol–water partition coefficient (Wildman–Crippen LogP) is -7.67. The highest BCUT2D eigenvalue weighted by Crippen LogP contribution is 2.10. The minimum absolute atomic E-state index is 0.0365. The van der Waals surface area contributed by atoms with Crippen LogP contribution in [0.5, 0.6) is 0 Å². The number of carbonyl (C=O) groups excluding carboxylic acids is 10. The van der Waals surface area contributed by atoms with Crippen LogP contribution in [0, 0.1) is 5.92 Å². The Hall–Kier alpha value is -5.66. The van der Waals surface area contributed by atoms with Crippen molar-refractivity contribution in [3.63, 3.8) is 0 Å². The maximum absolute atomic E-state index is 14.0. The number of aliphatic hydroxyl groups is 4. The molecule has 29 heteroatoms. The molecule has 1 unspecified atom stereocenters. The SMILES string of the molecule is CCCCCCCC(=O)N[C@@H](CCN)C(O)N[C@H](C(=O)N[C@@H](CCN)C(=O)N[C@H]1CCNC(=O)[C@H]([C@@H](C)O)NC(=O)[C@H](CCN)NC(=O)[C@H](CCN)NC(=O)[C@H](CC(C)C)NC(=O)CNC(=O)[C@H](CO)NC1=O)[C@@H](C)O. The predicted molar refractivity (Wildman–Crippen MR) is 277 cm³/mol. The third-order valence-corrected chi connectivity index (χ3v) is 12.1. The first-order valence-electron chi connectivity index (χ1n) is 26.2. The first-order valence-corrected chi connectivity index (χ1v) is 26.2. The molecule has 1 aliphatic rings. The number of nitrogens with one attached hydrogen (secondary N) is 11. The van der Waals surface area contributed by atoms with Crippen LogP contribution < -0.4 is 81.4 Å². The van der Waals surface area contributed by atoms with Crippen LogP contribution >= 0.6 is 0 Å². The number of hydrogen-bond acceptors (Lipinski definition) is 19. The van der Waals surface area contributed by atoms with Crippen LogP contribution in [-0.2, 0) is 47.9 Å². The Bertz CT molecular complexity index is 1860. The van der Waals surface area contributed by atoms with E-state index in [-0.39, 0.29) is 76.5 Å². The lowest BCUT2D eigenvalue weighted by atomic mass is 10.0. The number of carbonyl (C=O) groups is 10. The molecule has 1 saturated heterocycles. The Morgan fingerprint density at radius 2 is 1.22 bits per heavy atom. The summed E-state index contributed by atoms with van der Waals surface area (Å²) < 4.78 is 0. The highest BCUT2D eigenvalue weighted by molar-refractivity contribution is 5.98. The molecular formula is C47H89N15O14. The van der Waals surface area contributed by atoms with Crippen molar-refractivity contribution >= 4 is 59.1 Å². The van der Waals surface area contributed by atoms with Crippen molar-refractivity contribution in [1.29, 1.82) is 0 Å². The number of hydrogen-bond donors (Lipinski definition) is 19. The zero-order valence-corrected chi connectivity index (χ0v) is 44.6. The molecule has 1 heterocycles. The molecule has 10 amide bonds. The molecule has 436 valence electrons. The molecule has 76 heavy (non-hydrogen) atoms. The summed E-state index contributed by atoms with van der Waals surface area (Å²) in [5.41, 5.74) is 23.1. The summed E-state index contributed by atoms with van der Waals surface area (Å²) in [4.78, 5) is 135. The average Bonchev–Trinajstić information content (AvgIpc) is 3.35. The summed E-state index contributed by atoms with van der Waals surface area (Å²) >= 11 is 0. The van der Waals surface area contributed by atoms with Crippen LogP contribution in [-0.4, -0.2) is 198 Å². The van der Waals surface area contributed by atoms with Gasteiger partial charge in [0, 0.05) is 13.0 Å². The van der Waals surface area contributed by atoms with Crippen LogP contribution in [0.4, 0.5) is 0 Å². The second kappa shape index (κ2) is 37.2. The Kier molecular flexibility index (Phi) is 33.4. The summed E-state index contributed by atoms with van der Waals surface area (Å²) in [6, 6.07) is -13.3. The molecule has 29 nitrogen and oxygen atoms in total. The van der Waals surface area contributed by atoms with Crippen molar-refractivity contribution in [3.8, 4) is 0 Å². The number of rotatable bonds is 27. The van der Waals surface area contributed by atoms with Crippen molar-refractivity contribution in [1.82, 2.24) is 58.5 Å². The zero-order valence-electron chi connectivity index (χ0n) is 44.6. The van der Waals surface area contributed by atoms with Crippen LogP contribution in [0.1, 0.15) is 112 Å². The average molecular weight is 1090 g/mol. The normalized spacial score (nSPS) is 23.4. The molecule has 0 spiro atoms. The van der Waals surface area contributed by atoms with E-state index in [1.54, 1.807) is 13.8 Å². The molecule has 0 aliphatic carbocycles. The van der Waals surface area contributed by atoms with Crippen molar-refractivity contribution in [3.05, 3.63) is 0 Å². The molecule has 1 rings (SSSR count). The van der Waals surface area contributed by atoms with E-state index in [0.717, 1.165) is 25.7 Å². The van der Waals surface area contributed by atoms with E-state index in [9.17, 15) is 68.4 Å². The Morgan fingerprint density at radius 1 is 0.645 bits per heavy atom. The smallest absolute Gasteiger partial charge is 0.245 e. The van der Waals surface area contributed by atoms with E-state index in [1.165, 1.54) is 13.8 Å². The molecular weight excluding hydrogens is 999 g/mol. The van der Waals surface area contributed by atoms with E-state index in [4.69, 9.17) is 22.9 Å². The van der Waals surface area contributed by atoms with Gasteiger partial charge in [-0.25, -0.2) is 0 Å². The van der Waals surface area contributed by atoms with Crippen LogP contribution in [0.15, 0.2) is 0 Å². The fourth-order valence-corrected chi connectivity index (χ4v) is 7.86. The van der Waals surface area contributed by atoms with Crippen molar-refractivity contribution in [2.24, 2.45) is 28.9 Å². The van der Waals surface area contributed by atoms with Gasteiger partial charge in [0.25, 0.3) is 0 Å². The largest absolute Gasteiger partial charge is 0.394 e. The van der Waals surface area contributed by atoms with E-state index in [2.05, 4.69) is 65.4 Å². The summed E-state index contributed by atoms with van der Waals surface area (Å²) in [6.07, 6.45) is -0.940. The number of aliphatic hydroxyl groups excluding tert-OH is 4. The third kappa shape index (κ3) is 25.5. The molecule has 23 N–H and O–H groups in total. The van der Waals surface area contributed by atoms with E-state index in [1.807, 2.05) is 0 Å². The molecule has 0 aromatic heterocycles. The summed E-state index contributed by atoms with van der Waals surface area (Å²) in [7, 11) is 0. The molecule has 0 bridgehead atoms. The topological polar surface area (TPSA) is 488 Å². The zero-order chi connectivity index (χ0) is 57.5. The summed E-state index contributed by atoms with van der Waals surface area (Å²) in [5, 5.41) is 69.7. The Balaban J connectivity index is 3.61. The van der Waals surface area contributed by atoms with Gasteiger partial charge >= 0.3 is 0 Å². The summed E-state index contributed by atoms with van der Waals surface area (Å²) in [6.45, 7) is 5.27. The first kappa shape index (κ1) is 68.4. The van der Waals surface area contributed by atoms with Gasteiger partial charge in [-0.1, -0.05) is 46.5 Å². The van der Waals surface area contributed by atoms with Gasteiger partial charge in [0.1, 0.15) is 54.6 Å². The van der Waals surface area contributed by atoms with E-state index < -0.39 is 152 Å². The first-order chi connectivity index (χ1) is 36.0. The highest BCUT2D eigenvalue weighted by Gasteiger charge is 2.36. The van der Waals surface area contributed by atoms with Gasteiger partial charge in [0.05, 0.1) is 31.4 Å². The maximum Gasteiger partial charge on any atom is 0.245 e. The van der Waals surface area contributed by atoms with Gasteiger partial charge in [0.2, 0.25) is 59.1 Å². The quantitative estimate of drug-likeness (QED) is 0.0268. The summed E-state index contributed by atoms with van der Waals surface area (Å²) in [5.74, 6) is -9.34. The second-order valence-corrected chi connectivity index (χ2v) is 19.2. The lowest BCUT2D eigenvalue weighted by Gasteiger charge is -2.31. The lowest BCUT2D eigenvalue weighted by Crippen LogP contribution is -2.62.